The topological polar surface area (TPSA) is 26.3 Å². The van der Waals surface area contributed by atoms with Crippen LogP contribution in [-0.2, 0) is 22.1 Å². The van der Waals surface area contributed by atoms with Gasteiger partial charge in [-0.1, -0.05) is 30.3 Å². The van der Waals surface area contributed by atoms with E-state index in [1.165, 1.54) is 0 Å². The van der Waals surface area contributed by atoms with E-state index in [0.29, 0.717) is 6.61 Å². The molecule has 1 aromatic rings. The summed E-state index contributed by atoms with van der Waals surface area (Å²) in [7, 11) is -0.767. The second kappa shape index (κ2) is 6.22. The fourth-order valence-corrected chi connectivity index (χ4v) is 5.71. The van der Waals surface area contributed by atoms with Gasteiger partial charge in [0.2, 0.25) is 0 Å². The summed E-state index contributed by atoms with van der Waals surface area (Å²) < 4.78 is 18.2. The van der Waals surface area contributed by atoms with Gasteiger partial charge in [-0.15, -0.1) is 11.8 Å². The van der Waals surface area contributed by atoms with E-state index >= 15 is 0 Å². The van der Waals surface area contributed by atoms with Crippen molar-refractivity contribution in [1.29, 1.82) is 0 Å². The van der Waals surface area contributed by atoms with Gasteiger partial charge < -0.3 is 4.74 Å². The molecule has 2 rings (SSSR count). The maximum Gasteiger partial charge on any atom is 0.108 e. The van der Waals surface area contributed by atoms with E-state index in [1.54, 1.807) is 11.8 Å². The summed E-state index contributed by atoms with van der Waals surface area (Å²) in [4.78, 5) is 0. The first-order valence-electron chi connectivity index (χ1n) is 6.26. The Morgan fingerprint density at radius 1 is 1.39 bits per heavy atom. The summed E-state index contributed by atoms with van der Waals surface area (Å²) in [5.74, 6) is 1.91. The van der Waals surface area contributed by atoms with E-state index in [4.69, 9.17) is 4.74 Å². The first-order valence-corrected chi connectivity index (χ1v) is 8.69. The van der Waals surface area contributed by atoms with Crippen molar-refractivity contribution in [2.75, 3.05) is 11.5 Å². The number of ether oxygens (including phenoxy) is 1. The molecule has 0 aromatic heterocycles. The highest BCUT2D eigenvalue weighted by atomic mass is 32.2. The second-order valence-electron chi connectivity index (χ2n) is 5.02. The predicted molar refractivity (Wildman–Crippen MR) is 79.2 cm³/mol. The Hall–Kier alpha value is -0.320. The average molecular weight is 284 g/mol. The lowest BCUT2D eigenvalue weighted by atomic mass is 10.1. The van der Waals surface area contributed by atoms with Crippen LogP contribution in [0.3, 0.4) is 0 Å². The highest BCUT2D eigenvalue weighted by Gasteiger charge is 2.37. The number of hydrogen-bond donors (Lipinski definition) is 0. The van der Waals surface area contributed by atoms with Gasteiger partial charge in [0.25, 0.3) is 0 Å². The van der Waals surface area contributed by atoms with Crippen LogP contribution in [0.5, 0.6) is 0 Å². The maximum atomic E-state index is 12.1. The molecule has 0 aliphatic carbocycles. The Balaban J connectivity index is 1.96. The maximum absolute atomic E-state index is 12.1. The molecule has 18 heavy (non-hydrogen) atoms. The van der Waals surface area contributed by atoms with Crippen molar-refractivity contribution in [3.8, 4) is 0 Å². The lowest BCUT2D eigenvalue weighted by Crippen LogP contribution is -2.42. The SMILES string of the molecule is CC(C)(OCc1ccccc1)[C@H]1SCCCS1=O. The molecular weight excluding hydrogens is 264 g/mol. The van der Waals surface area contributed by atoms with Crippen LogP contribution in [0.15, 0.2) is 30.3 Å². The second-order valence-corrected chi connectivity index (χ2v) is 8.17. The molecule has 0 spiro atoms. The predicted octanol–water partition coefficient (Wildman–Crippen LogP) is 3.19. The lowest BCUT2D eigenvalue weighted by Gasteiger charge is -2.35. The van der Waals surface area contributed by atoms with E-state index in [0.717, 1.165) is 23.5 Å². The Labute approximate surface area is 116 Å². The lowest BCUT2D eigenvalue weighted by molar-refractivity contribution is -0.0175. The minimum absolute atomic E-state index is 0.0926. The van der Waals surface area contributed by atoms with Crippen molar-refractivity contribution < 1.29 is 8.95 Å². The first-order chi connectivity index (χ1) is 8.59. The molecule has 1 fully saturated rings. The van der Waals surface area contributed by atoms with Crippen molar-refractivity contribution >= 4 is 22.6 Å². The Bertz CT molecular complexity index is 404. The minimum Gasteiger partial charge on any atom is -0.369 e. The highest BCUT2D eigenvalue weighted by Crippen LogP contribution is 2.34. The Kier molecular flexibility index (Phi) is 4.87. The normalized spacial score (nSPS) is 25.0. The number of hydrogen-bond acceptors (Lipinski definition) is 3. The van der Waals surface area contributed by atoms with E-state index in [1.807, 2.05) is 18.2 Å². The highest BCUT2D eigenvalue weighted by molar-refractivity contribution is 8.12. The monoisotopic (exact) mass is 284 g/mol. The summed E-state index contributed by atoms with van der Waals surface area (Å²) in [6.45, 7) is 4.69. The summed E-state index contributed by atoms with van der Waals surface area (Å²) in [5.41, 5.74) is 0.823. The Morgan fingerprint density at radius 2 is 2.11 bits per heavy atom. The van der Waals surface area contributed by atoms with Gasteiger partial charge in [-0.25, -0.2) is 0 Å². The summed E-state index contributed by atoms with van der Waals surface area (Å²) in [6.07, 6.45) is 1.06. The van der Waals surface area contributed by atoms with Gasteiger partial charge >= 0.3 is 0 Å². The fourth-order valence-electron chi connectivity index (χ4n) is 2.00. The van der Waals surface area contributed by atoms with Crippen LogP contribution in [0.25, 0.3) is 0 Å². The zero-order valence-corrected chi connectivity index (χ0v) is 12.6. The van der Waals surface area contributed by atoms with Crippen molar-refractivity contribution in [1.82, 2.24) is 0 Å². The van der Waals surface area contributed by atoms with E-state index in [2.05, 4.69) is 26.0 Å². The van der Waals surface area contributed by atoms with Crippen molar-refractivity contribution in [2.24, 2.45) is 0 Å². The third-order valence-electron chi connectivity index (χ3n) is 3.02. The van der Waals surface area contributed by atoms with Gasteiger partial charge in [0, 0.05) is 16.6 Å². The molecule has 1 unspecified atom stereocenters. The number of thioether (sulfide) groups is 1. The van der Waals surface area contributed by atoms with Crippen LogP contribution in [0.2, 0.25) is 0 Å². The molecule has 0 radical (unpaired) electrons. The standard InChI is InChI=1S/C14H20O2S2/c1-14(2,13-17-9-6-10-18(13)15)16-11-12-7-4-3-5-8-12/h3-5,7-8,13H,6,9-11H2,1-2H3/t13-,18?/m0/s1. The van der Waals surface area contributed by atoms with Crippen LogP contribution in [0.4, 0.5) is 0 Å². The molecule has 0 amide bonds. The van der Waals surface area contributed by atoms with Crippen molar-refractivity contribution in [3.63, 3.8) is 0 Å². The zero-order chi connectivity index (χ0) is 13.0. The molecule has 0 bridgehead atoms. The minimum atomic E-state index is -0.767. The number of benzene rings is 1. The van der Waals surface area contributed by atoms with Gasteiger partial charge in [0.15, 0.2) is 0 Å². The molecule has 4 heteroatoms. The summed E-state index contributed by atoms with van der Waals surface area (Å²) in [5, 5.41) is 0. The average Bonchev–Trinajstić information content (AvgIpc) is 2.38. The largest absolute Gasteiger partial charge is 0.369 e. The molecule has 1 aromatic carbocycles. The number of rotatable bonds is 4. The van der Waals surface area contributed by atoms with E-state index < -0.39 is 10.8 Å². The molecule has 2 atom stereocenters. The molecule has 1 heterocycles. The van der Waals surface area contributed by atoms with Gasteiger partial charge in [0.05, 0.1) is 12.2 Å². The third kappa shape index (κ3) is 3.59. The molecule has 2 nitrogen and oxygen atoms in total. The quantitative estimate of drug-likeness (QED) is 0.849. The zero-order valence-electron chi connectivity index (χ0n) is 10.9. The summed E-state index contributed by atoms with van der Waals surface area (Å²) >= 11 is 1.79. The molecule has 0 N–H and O–H groups in total. The van der Waals surface area contributed by atoms with Gasteiger partial charge in [-0.3, -0.25) is 4.21 Å². The molecule has 1 aliphatic heterocycles. The van der Waals surface area contributed by atoms with Crippen molar-refractivity contribution in [2.45, 2.75) is 37.1 Å². The van der Waals surface area contributed by atoms with Crippen LogP contribution in [0, 0.1) is 0 Å². The van der Waals surface area contributed by atoms with Gasteiger partial charge in [0.1, 0.15) is 4.58 Å². The van der Waals surface area contributed by atoms with Crippen LogP contribution < -0.4 is 0 Å². The Morgan fingerprint density at radius 3 is 2.78 bits per heavy atom. The molecular formula is C14H20O2S2. The fraction of sp³-hybridized carbons (Fsp3) is 0.571. The molecule has 1 saturated heterocycles. The van der Waals surface area contributed by atoms with Crippen LogP contribution in [0.1, 0.15) is 25.8 Å². The first kappa shape index (κ1) is 14.1. The van der Waals surface area contributed by atoms with Gasteiger partial charge in [-0.2, -0.15) is 0 Å². The smallest absolute Gasteiger partial charge is 0.108 e. The van der Waals surface area contributed by atoms with E-state index in [-0.39, 0.29) is 10.2 Å². The van der Waals surface area contributed by atoms with Crippen LogP contribution >= 0.6 is 11.8 Å². The van der Waals surface area contributed by atoms with Gasteiger partial charge in [-0.05, 0) is 31.6 Å². The van der Waals surface area contributed by atoms with Crippen molar-refractivity contribution in [3.05, 3.63) is 35.9 Å². The summed E-state index contributed by atoms with van der Waals surface area (Å²) in [6, 6.07) is 10.1. The van der Waals surface area contributed by atoms with Crippen LogP contribution in [-0.4, -0.2) is 25.9 Å². The molecule has 100 valence electrons. The molecule has 0 saturated carbocycles. The molecule has 1 aliphatic rings. The third-order valence-corrected chi connectivity index (χ3v) is 7.20. The van der Waals surface area contributed by atoms with E-state index in [9.17, 15) is 4.21 Å².